The second kappa shape index (κ2) is 6.48. The number of hydrogen-bond acceptors (Lipinski definition) is 2. The van der Waals surface area contributed by atoms with Crippen LogP contribution in [0.15, 0.2) is 18.2 Å². The molecule has 2 N–H and O–H groups in total. The van der Waals surface area contributed by atoms with Gasteiger partial charge in [0, 0.05) is 22.3 Å². The van der Waals surface area contributed by atoms with Crippen molar-refractivity contribution in [1.82, 2.24) is 0 Å². The zero-order valence-electron chi connectivity index (χ0n) is 8.21. The molecule has 0 amide bonds. The van der Waals surface area contributed by atoms with Crippen molar-refractivity contribution in [2.24, 2.45) is 5.73 Å². The van der Waals surface area contributed by atoms with Crippen LogP contribution in [0.5, 0.6) is 0 Å². The minimum absolute atomic E-state index is 0.505. The highest BCUT2D eigenvalue weighted by Gasteiger charge is 2.04. The van der Waals surface area contributed by atoms with Crippen molar-refractivity contribution in [2.45, 2.75) is 12.2 Å². The molecular weight excluding hydrogens is 253 g/mol. The molecule has 84 valence electrons. The molecule has 15 heavy (non-hydrogen) atoms. The van der Waals surface area contributed by atoms with E-state index in [0.29, 0.717) is 28.1 Å². The van der Waals surface area contributed by atoms with Crippen LogP contribution in [-0.2, 0) is 16.6 Å². The fourth-order valence-electron chi connectivity index (χ4n) is 1.13. The lowest BCUT2D eigenvalue weighted by atomic mass is 10.2. The summed E-state index contributed by atoms with van der Waals surface area (Å²) in [6.45, 7) is 0.577. The Bertz CT molecular complexity index is 357. The highest BCUT2D eigenvalue weighted by Crippen LogP contribution is 2.23. The summed E-state index contributed by atoms with van der Waals surface area (Å²) >= 11 is 11.6. The smallest absolute Gasteiger partial charge is 0.0595 e. The molecule has 0 saturated carbocycles. The summed E-state index contributed by atoms with van der Waals surface area (Å²) in [5.74, 6) is 1.15. The Kier molecular flexibility index (Phi) is 5.61. The molecule has 1 rings (SSSR count). The van der Waals surface area contributed by atoms with E-state index in [1.165, 1.54) is 0 Å². The number of hydrogen-bond donors (Lipinski definition) is 1. The number of rotatable bonds is 5. The third kappa shape index (κ3) is 4.51. The quantitative estimate of drug-likeness (QED) is 0.890. The second-order valence-electron chi connectivity index (χ2n) is 3.18. The van der Waals surface area contributed by atoms with Crippen molar-refractivity contribution in [3.8, 4) is 0 Å². The highest BCUT2D eigenvalue weighted by atomic mass is 35.5. The van der Waals surface area contributed by atoms with Gasteiger partial charge in [-0.1, -0.05) is 29.3 Å². The number of halogens is 2. The van der Waals surface area contributed by atoms with Crippen molar-refractivity contribution in [3.63, 3.8) is 0 Å². The van der Waals surface area contributed by atoms with Crippen LogP contribution in [0.2, 0.25) is 10.0 Å². The highest BCUT2D eigenvalue weighted by molar-refractivity contribution is 7.84. The zero-order valence-corrected chi connectivity index (χ0v) is 10.5. The predicted molar refractivity (Wildman–Crippen MR) is 66.8 cm³/mol. The van der Waals surface area contributed by atoms with Crippen LogP contribution in [0.3, 0.4) is 0 Å². The van der Waals surface area contributed by atoms with Crippen LogP contribution >= 0.6 is 23.2 Å². The average molecular weight is 266 g/mol. The summed E-state index contributed by atoms with van der Waals surface area (Å²) in [4.78, 5) is 0. The molecule has 0 fully saturated rings. The molecule has 0 radical (unpaired) electrons. The Morgan fingerprint density at radius 1 is 1.27 bits per heavy atom. The van der Waals surface area contributed by atoms with E-state index in [9.17, 15) is 4.21 Å². The molecule has 0 aliphatic rings. The molecule has 1 aromatic rings. The molecule has 1 unspecified atom stereocenters. The van der Waals surface area contributed by atoms with Crippen molar-refractivity contribution < 1.29 is 4.21 Å². The first-order chi connectivity index (χ1) is 7.13. The Balaban J connectivity index is 2.57. The molecule has 0 spiro atoms. The Morgan fingerprint density at radius 3 is 2.60 bits per heavy atom. The van der Waals surface area contributed by atoms with E-state index in [0.717, 1.165) is 12.0 Å². The predicted octanol–water partition coefficient (Wildman–Crippen LogP) is 2.59. The van der Waals surface area contributed by atoms with E-state index in [1.54, 1.807) is 12.1 Å². The van der Waals surface area contributed by atoms with Crippen LogP contribution in [0, 0.1) is 0 Å². The number of benzene rings is 1. The summed E-state index contributed by atoms with van der Waals surface area (Å²) < 4.78 is 11.5. The lowest BCUT2D eigenvalue weighted by Gasteiger charge is -2.03. The fraction of sp³-hybridized carbons (Fsp3) is 0.400. The first-order valence-electron chi connectivity index (χ1n) is 4.62. The topological polar surface area (TPSA) is 43.1 Å². The normalized spacial score (nSPS) is 12.7. The first kappa shape index (κ1) is 13.0. The molecular formula is C10H13Cl2NOS. The lowest BCUT2D eigenvalue weighted by Crippen LogP contribution is -2.07. The van der Waals surface area contributed by atoms with E-state index in [4.69, 9.17) is 28.9 Å². The van der Waals surface area contributed by atoms with Crippen LogP contribution in [-0.4, -0.2) is 16.5 Å². The van der Waals surface area contributed by atoms with Gasteiger partial charge < -0.3 is 5.73 Å². The minimum atomic E-state index is -0.867. The van der Waals surface area contributed by atoms with Gasteiger partial charge in [-0.2, -0.15) is 0 Å². The maximum Gasteiger partial charge on any atom is 0.0595 e. The van der Waals surface area contributed by atoms with Crippen molar-refractivity contribution >= 4 is 34.0 Å². The monoisotopic (exact) mass is 265 g/mol. The second-order valence-corrected chi connectivity index (χ2v) is 5.57. The first-order valence-corrected chi connectivity index (χ1v) is 6.87. The molecule has 0 aliphatic carbocycles. The maximum absolute atomic E-state index is 11.5. The minimum Gasteiger partial charge on any atom is -0.330 e. The van der Waals surface area contributed by atoms with Gasteiger partial charge in [-0.05, 0) is 30.7 Å². The van der Waals surface area contributed by atoms with Crippen LogP contribution in [0.25, 0.3) is 0 Å². The third-order valence-corrected chi connectivity index (χ3v) is 4.03. The largest absolute Gasteiger partial charge is 0.330 e. The van der Waals surface area contributed by atoms with E-state index in [2.05, 4.69) is 0 Å². The number of nitrogens with two attached hydrogens (primary N) is 1. The van der Waals surface area contributed by atoms with Gasteiger partial charge in [0.05, 0.1) is 10.0 Å². The standard InChI is InChI=1S/C10H13Cl2NOS/c11-9-3-2-8(6-10(9)12)7-15(14)5-1-4-13/h2-3,6H,1,4-5,7,13H2. The van der Waals surface area contributed by atoms with Gasteiger partial charge in [-0.25, -0.2) is 0 Å². The van der Waals surface area contributed by atoms with E-state index >= 15 is 0 Å². The molecule has 0 aromatic heterocycles. The Hall–Kier alpha value is -0.0900. The lowest BCUT2D eigenvalue weighted by molar-refractivity contribution is 0.680. The molecule has 0 saturated heterocycles. The SMILES string of the molecule is NCCCS(=O)Cc1ccc(Cl)c(Cl)c1. The van der Waals surface area contributed by atoms with E-state index in [-0.39, 0.29) is 0 Å². The van der Waals surface area contributed by atoms with Gasteiger partial charge in [0.2, 0.25) is 0 Å². The summed E-state index contributed by atoms with van der Waals surface area (Å²) in [6.07, 6.45) is 0.786. The molecule has 1 aromatic carbocycles. The molecule has 1 atom stereocenters. The zero-order chi connectivity index (χ0) is 11.3. The van der Waals surface area contributed by atoms with Gasteiger partial charge in [-0.15, -0.1) is 0 Å². The summed E-state index contributed by atoms with van der Waals surface area (Å²) in [5, 5.41) is 1.03. The van der Waals surface area contributed by atoms with E-state index in [1.807, 2.05) is 6.07 Å². The van der Waals surface area contributed by atoms with Gasteiger partial charge in [0.15, 0.2) is 0 Å². The van der Waals surface area contributed by atoms with Crippen molar-refractivity contribution in [1.29, 1.82) is 0 Å². The summed E-state index contributed by atoms with van der Waals surface area (Å²) in [7, 11) is -0.867. The van der Waals surface area contributed by atoms with Crippen LogP contribution in [0.4, 0.5) is 0 Å². The Morgan fingerprint density at radius 2 is 2.00 bits per heavy atom. The third-order valence-electron chi connectivity index (χ3n) is 1.89. The van der Waals surface area contributed by atoms with Crippen molar-refractivity contribution in [3.05, 3.63) is 33.8 Å². The average Bonchev–Trinajstić information content (AvgIpc) is 2.20. The van der Waals surface area contributed by atoms with Crippen LogP contribution in [0.1, 0.15) is 12.0 Å². The van der Waals surface area contributed by atoms with Gasteiger partial charge in [0.1, 0.15) is 0 Å². The van der Waals surface area contributed by atoms with Gasteiger partial charge in [-0.3, -0.25) is 4.21 Å². The van der Waals surface area contributed by atoms with Gasteiger partial charge >= 0.3 is 0 Å². The summed E-state index contributed by atoms with van der Waals surface area (Å²) in [6, 6.07) is 5.32. The molecule has 0 heterocycles. The van der Waals surface area contributed by atoms with Crippen molar-refractivity contribution in [2.75, 3.05) is 12.3 Å². The molecule has 5 heteroatoms. The maximum atomic E-state index is 11.5. The molecule has 2 nitrogen and oxygen atoms in total. The summed E-state index contributed by atoms with van der Waals surface area (Å²) in [5.41, 5.74) is 6.29. The molecule has 0 bridgehead atoms. The van der Waals surface area contributed by atoms with E-state index < -0.39 is 10.8 Å². The Labute approximate surface area is 102 Å². The van der Waals surface area contributed by atoms with Crippen LogP contribution < -0.4 is 5.73 Å². The van der Waals surface area contributed by atoms with Gasteiger partial charge in [0.25, 0.3) is 0 Å². The fourth-order valence-corrected chi connectivity index (χ4v) is 2.64. The molecule has 0 aliphatic heterocycles.